The van der Waals surface area contributed by atoms with E-state index in [9.17, 15) is 9.18 Å². The molecule has 1 aromatic carbocycles. The summed E-state index contributed by atoms with van der Waals surface area (Å²) in [5, 5.41) is 11.8. The third-order valence-electron chi connectivity index (χ3n) is 4.69. The van der Waals surface area contributed by atoms with Gasteiger partial charge in [-0.15, -0.1) is 0 Å². The molecule has 1 fully saturated rings. The van der Waals surface area contributed by atoms with Gasteiger partial charge in [-0.1, -0.05) is 6.07 Å². The molecule has 7 nitrogen and oxygen atoms in total. The highest BCUT2D eigenvalue weighted by atomic mass is 19.1. The van der Waals surface area contributed by atoms with Crippen LogP contribution >= 0.6 is 0 Å². The van der Waals surface area contributed by atoms with Crippen LogP contribution in [0.3, 0.4) is 0 Å². The molecule has 1 amide bonds. The van der Waals surface area contributed by atoms with Crippen LogP contribution in [0.1, 0.15) is 41.1 Å². The molecule has 146 valence electrons. The lowest BCUT2D eigenvalue weighted by molar-refractivity contribution is 0.0262. The zero-order valence-corrected chi connectivity index (χ0v) is 15.2. The summed E-state index contributed by atoms with van der Waals surface area (Å²) in [5.41, 5.74) is 4.66. The average Bonchev–Trinajstić information content (AvgIpc) is 3.49. The van der Waals surface area contributed by atoms with E-state index in [1.807, 2.05) is 6.07 Å². The summed E-state index contributed by atoms with van der Waals surface area (Å²) in [6, 6.07) is 8.57. The van der Waals surface area contributed by atoms with E-state index in [0.29, 0.717) is 23.7 Å². The number of carbonyl (C=O) groups excluding carboxylic acids is 1. The van der Waals surface area contributed by atoms with Crippen LogP contribution in [0.2, 0.25) is 0 Å². The predicted molar refractivity (Wildman–Crippen MR) is 102 cm³/mol. The molecular weight excluding hydrogens is 363 g/mol. The Balaban J connectivity index is 1.62. The van der Waals surface area contributed by atoms with Crippen LogP contribution in [-0.4, -0.2) is 33.6 Å². The fourth-order valence-corrected chi connectivity index (χ4v) is 3.06. The van der Waals surface area contributed by atoms with Crippen molar-refractivity contribution in [2.45, 2.75) is 25.2 Å². The summed E-state index contributed by atoms with van der Waals surface area (Å²) >= 11 is 0. The van der Waals surface area contributed by atoms with Gasteiger partial charge in [0.2, 0.25) is 0 Å². The number of hydroxylamine groups is 1. The number of aliphatic hydroxyl groups excluding tert-OH is 1. The third-order valence-corrected chi connectivity index (χ3v) is 4.69. The van der Waals surface area contributed by atoms with E-state index in [0.717, 1.165) is 23.9 Å². The highest BCUT2D eigenvalue weighted by molar-refractivity contribution is 6.01. The summed E-state index contributed by atoms with van der Waals surface area (Å²) in [4.78, 5) is 21.7. The first-order chi connectivity index (χ1) is 13.7. The number of nitrogens with zero attached hydrogens (tertiary/aromatic N) is 2. The molecule has 0 radical (unpaired) electrons. The first-order valence-corrected chi connectivity index (χ1v) is 9.22. The smallest absolute Gasteiger partial charge is 0.278 e. The highest BCUT2D eigenvalue weighted by Crippen LogP contribution is 2.41. The van der Waals surface area contributed by atoms with Crippen molar-refractivity contribution in [2.24, 2.45) is 0 Å². The summed E-state index contributed by atoms with van der Waals surface area (Å²) in [6.45, 7) is 0.164. The SMILES string of the molecule is O=C(NOCCCO)c1cc2ccncn2c1Nc1ccc(C2CC2)cc1F. The van der Waals surface area contributed by atoms with Crippen molar-refractivity contribution in [1.82, 2.24) is 14.9 Å². The van der Waals surface area contributed by atoms with E-state index in [2.05, 4.69) is 15.8 Å². The molecule has 1 aliphatic rings. The zero-order chi connectivity index (χ0) is 19.5. The number of benzene rings is 1. The molecular formula is C20H21FN4O3. The van der Waals surface area contributed by atoms with Crippen LogP contribution in [-0.2, 0) is 4.84 Å². The van der Waals surface area contributed by atoms with Gasteiger partial charge in [-0.05, 0) is 55.0 Å². The minimum Gasteiger partial charge on any atom is -0.396 e. The second kappa shape index (κ2) is 7.95. The van der Waals surface area contributed by atoms with E-state index in [4.69, 9.17) is 9.94 Å². The third kappa shape index (κ3) is 3.83. The lowest BCUT2D eigenvalue weighted by atomic mass is 10.1. The Labute approximate surface area is 161 Å². The molecule has 3 aromatic rings. The first-order valence-electron chi connectivity index (χ1n) is 9.22. The van der Waals surface area contributed by atoms with Gasteiger partial charge in [0.1, 0.15) is 18.0 Å². The van der Waals surface area contributed by atoms with Gasteiger partial charge >= 0.3 is 0 Å². The topological polar surface area (TPSA) is 87.9 Å². The summed E-state index contributed by atoms with van der Waals surface area (Å²) in [7, 11) is 0. The van der Waals surface area contributed by atoms with Crippen LogP contribution in [0.15, 0.2) is 42.9 Å². The van der Waals surface area contributed by atoms with Crippen LogP contribution in [0.4, 0.5) is 15.9 Å². The van der Waals surface area contributed by atoms with Gasteiger partial charge in [0.15, 0.2) is 0 Å². The molecule has 0 aliphatic heterocycles. The summed E-state index contributed by atoms with van der Waals surface area (Å²) in [6.07, 6.45) is 5.77. The molecule has 0 unspecified atom stereocenters. The van der Waals surface area contributed by atoms with Crippen molar-refractivity contribution in [2.75, 3.05) is 18.5 Å². The quantitative estimate of drug-likeness (QED) is 0.410. The predicted octanol–water partition coefficient (Wildman–Crippen LogP) is 3.14. The number of halogens is 1. The van der Waals surface area contributed by atoms with Gasteiger partial charge in [0.25, 0.3) is 5.91 Å². The fourth-order valence-electron chi connectivity index (χ4n) is 3.06. The number of hydrogen-bond acceptors (Lipinski definition) is 5. The largest absolute Gasteiger partial charge is 0.396 e. The number of hydrogen-bond donors (Lipinski definition) is 3. The Bertz CT molecular complexity index is 1000. The van der Waals surface area contributed by atoms with E-state index in [-0.39, 0.29) is 24.7 Å². The van der Waals surface area contributed by atoms with Gasteiger partial charge in [-0.25, -0.2) is 14.9 Å². The molecule has 0 spiro atoms. The normalized spacial score (nSPS) is 13.6. The van der Waals surface area contributed by atoms with Gasteiger partial charge in [-0.3, -0.25) is 14.0 Å². The number of anilines is 2. The Morgan fingerprint density at radius 1 is 1.32 bits per heavy atom. The van der Waals surface area contributed by atoms with Gasteiger partial charge in [-0.2, -0.15) is 0 Å². The Kier molecular flexibility index (Phi) is 5.23. The van der Waals surface area contributed by atoms with Gasteiger partial charge in [0, 0.05) is 12.8 Å². The monoisotopic (exact) mass is 384 g/mol. The van der Waals surface area contributed by atoms with E-state index in [1.165, 1.54) is 0 Å². The van der Waals surface area contributed by atoms with E-state index >= 15 is 0 Å². The molecule has 4 rings (SSSR count). The molecule has 8 heteroatoms. The molecule has 28 heavy (non-hydrogen) atoms. The zero-order valence-electron chi connectivity index (χ0n) is 15.2. The van der Waals surface area contributed by atoms with Gasteiger partial charge in [0.05, 0.1) is 23.4 Å². The molecule has 2 aromatic heterocycles. The molecule has 0 atom stereocenters. The number of nitrogens with one attached hydrogen (secondary N) is 2. The van der Waals surface area contributed by atoms with E-state index < -0.39 is 5.91 Å². The maximum atomic E-state index is 14.6. The van der Waals surface area contributed by atoms with Crippen molar-refractivity contribution >= 4 is 22.9 Å². The number of rotatable bonds is 8. The second-order valence-corrected chi connectivity index (χ2v) is 6.78. The molecule has 3 N–H and O–H groups in total. The molecule has 2 heterocycles. The number of fused-ring (bicyclic) bond motifs is 1. The standard InChI is InChI=1S/C20H21FN4O3/c21-17-10-14(13-2-3-13)4-5-18(17)23-19-16(20(27)24-28-9-1-8-26)11-15-6-7-22-12-25(15)19/h4-7,10-13,23,26H,1-3,8-9H2,(H,24,27). The molecule has 0 saturated heterocycles. The Morgan fingerprint density at radius 2 is 2.18 bits per heavy atom. The van der Waals surface area contributed by atoms with Crippen LogP contribution in [0.5, 0.6) is 0 Å². The minimum absolute atomic E-state index is 0.0272. The molecule has 1 saturated carbocycles. The fraction of sp³-hybridized carbons (Fsp3) is 0.300. The molecule has 1 aliphatic carbocycles. The van der Waals surface area contributed by atoms with Gasteiger partial charge < -0.3 is 10.4 Å². The minimum atomic E-state index is -0.473. The second-order valence-electron chi connectivity index (χ2n) is 6.78. The lowest BCUT2D eigenvalue weighted by Crippen LogP contribution is -2.25. The number of aliphatic hydroxyl groups is 1. The van der Waals surface area contributed by atoms with Crippen molar-refractivity contribution in [3.8, 4) is 0 Å². The van der Waals surface area contributed by atoms with Crippen molar-refractivity contribution in [3.05, 3.63) is 59.8 Å². The number of amides is 1. The number of carbonyl (C=O) groups is 1. The first kappa shape index (κ1) is 18.4. The maximum Gasteiger partial charge on any atom is 0.278 e. The van der Waals surface area contributed by atoms with Crippen LogP contribution in [0.25, 0.3) is 5.52 Å². The van der Waals surface area contributed by atoms with Crippen LogP contribution in [0, 0.1) is 5.82 Å². The summed E-state index contributed by atoms with van der Waals surface area (Å²) in [5.74, 6) is 0.0108. The Hall–Kier alpha value is -2.97. The summed E-state index contributed by atoms with van der Waals surface area (Å²) < 4.78 is 16.3. The maximum absolute atomic E-state index is 14.6. The average molecular weight is 384 g/mol. The van der Waals surface area contributed by atoms with Crippen molar-refractivity contribution in [1.29, 1.82) is 0 Å². The lowest BCUT2D eigenvalue weighted by Gasteiger charge is -2.12. The van der Waals surface area contributed by atoms with Crippen molar-refractivity contribution < 1.29 is 19.1 Å². The Morgan fingerprint density at radius 3 is 2.93 bits per heavy atom. The van der Waals surface area contributed by atoms with Crippen LogP contribution < -0.4 is 10.8 Å². The molecule has 0 bridgehead atoms. The highest BCUT2D eigenvalue weighted by Gasteiger charge is 2.25. The number of aromatic nitrogens is 2. The van der Waals surface area contributed by atoms with Crippen molar-refractivity contribution in [3.63, 3.8) is 0 Å². The van der Waals surface area contributed by atoms with E-state index in [1.54, 1.807) is 41.2 Å².